The van der Waals surface area contributed by atoms with Crippen LogP contribution in [0, 0.1) is 5.92 Å². The first-order valence-electron chi connectivity index (χ1n) is 8.16. The number of nitrogens with one attached hydrogen (secondary N) is 2. The minimum atomic E-state index is 0.593. The van der Waals surface area contributed by atoms with Crippen molar-refractivity contribution in [1.82, 2.24) is 15.6 Å². The summed E-state index contributed by atoms with van der Waals surface area (Å²) in [7, 11) is 0. The molecule has 0 unspecified atom stereocenters. The van der Waals surface area contributed by atoms with Gasteiger partial charge in [0.2, 0.25) is 0 Å². The predicted octanol–water partition coefficient (Wildman–Crippen LogP) is 1.74. The molecule has 1 atom stereocenters. The third-order valence-electron chi connectivity index (χ3n) is 4.23. The van der Waals surface area contributed by atoms with Crippen LogP contribution in [0.15, 0.2) is 5.10 Å². The monoisotopic (exact) mass is 312 g/mol. The average Bonchev–Trinajstić information content (AvgIpc) is 2.52. The van der Waals surface area contributed by atoms with Gasteiger partial charge in [-0.05, 0) is 50.4 Å². The second kappa shape index (κ2) is 9.33. The Balaban J connectivity index is 1.55. The second-order valence-electron chi connectivity index (χ2n) is 5.93. The van der Waals surface area contributed by atoms with E-state index in [-0.39, 0.29) is 0 Å². The lowest BCUT2D eigenvalue weighted by atomic mass is 9.89. The molecule has 0 spiro atoms. The van der Waals surface area contributed by atoms with Crippen LogP contribution in [0.1, 0.15) is 39.0 Å². The Morgan fingerprint density at radius 2 is 2.19 bits per heavy atom. The predicted molar refractivity (Wildman–Crippen MR) is 90.7 cm³/mol. The van der Waals surface area contributed by atoms with Gasteiger partial charge in [-0.25, -0.2) is 0 Å². The van der Waals surface area contributed by atoms with Crippen LogP contribution in [0.4, 0.5) is 0 Å². The number of thiocarbonyl (C=S) groups is 1. The van der Waals surface area contributed by atoms with Crippen molar-refractivity contribution in [3.8, 4) is 0 Å². The zero-order valence-electron chi connectivity index (χ0n) is 13.1. The summed E-state index contributed by atoms with van der Waals surface area (Å²) >= 11 is 5.27. The Hall–Kier alpha value is -0.720. The number of hydrazone groups is 1. The van der Waals surface area contributed by atoms with Crippen molar-refractivity contribution >= 4 is 23.0 Å². The first kappa shape index (κ1) is 16.6. The van der Waals surface area contributed by atoms with Gasteiger partial charge in [0.05, 0.1) is 13.2 Å². The summed E-state index contributed by atoms with van der Waals surface area (Å²) in [6, 6.07) is 0. The number of ether oxygens (including phenoxy) is 1. The number of rotatable bonds is 5. The molecule has 2 fully saturated rings. The van der Waals surface area contributed by atoms with Gasteiger partial charge in [0.1, 0.15) is 0 Å². The molecular weight excluding hydrogens is 284 g/mol. The minimum absolute atomic E-state index is 0.593. The molecule has 5 nitrogen and oxygen atoms in total. The quantitative estimate of drug-likeness (QED) is 0.460. The van der Waals surface area contributed by atoms with Crippen LogP contribution in [0.5, 0.6) is 0 Å². The highest BCUT2D eigenvalue weighted by atomic mass is 32.1. The van der Waals surface area contributed by atoms with E-state index < -0.39 is 0 Å². The van der Waals surface area contributed by atoms with E-state index in [1.165, 1.54) is 25.0 Å². The third kappa shape index (κ3) is 6.28. The lowest BCUT2D eigenvalue weighted by Crippen LogP contribution is -2.39. The summed E-state index contributed by atoms with van der Waals surface area (Å²) in [6.45, 7) is 8.07. The molecular formula is C15H28N4OS. The zero-order chi connectivity index (χ0) is 14.9. The molecule has 1 saturated carbocycles. The van der Waals surface area contributed by atoms with Crippen LogP contribution in [-0.4, -0.2) is 55.1 Å². The van der Waals surface area contributed by atoms with Gasteiger partial charge in [-0.1, -0.05) is 13.3 Å². The van der Waals surface area contributed by atoms with E-state index in [4.69, 9.17) is 17.0 Å². The zero-order valence-corrected chi connectivity index (χ0v) is 13.9. The molecule has 0 radical (unpaired) electrons. The molecule has 2 rings (SSSR count). The second-order valence-corrected chi connectivity index (χ2v) is 6.33. The average molecular weight is 312 g/mol. The molecule has 0 aromatic heterocycles. The standard InChI is InChI=1S/C15H28N4OS/c1-13-5-2-3-6-14(13)17-18-15(21)16-7-4-8-19-9-11-20-12-10-19/h13H,2-12H2,1H3,(H2,16,18,21)/b17-14-/t13-/m0/s1. The number of hydrogen-bond acceptors (Lipinski definition) is 4. The molecule has 1 aliphatic heterocycles. The van der Waals surface area contributed by atoms with E-state index in [0.29, 0.717) is 11.0 Å². The first-order chi connectivity index (χ1) is 10.3. The summed E-state index contributed by atoms with van der Waals surface area (Å²) in [4.78, 5) is 2.44. The molecule has 2 aliphatic rings. The van der Waals surface area contributed by atoms with E-state index in [2.05, 4.69) is 27.7 Å². The normalized spacial score (nSPS) is 25.8. The van der Waals surface area contributed by atoms with E-state index in [9.17, 15) is 0 Å². The van der Waals surface area contributed by atoms with E-state index in [1.54, 1.807) is 0 Å². The Bertz CT molecular complexity index is 356. The van der Waals surface area contributed by atoms with Crippen molar-refractivity contribution in [3.05, 3.63) is 0 Å². The molecule has 0 aromatic rings. The lowest BCUT2D eigenvalue weighted by molar-refractivity contribution is 0.0376. The van der Waals surface area contributed by atoms with Crippen molar-refractivity contribution in [3.63, 3.8) is 0 Å². The molecule has 1 heterocycles. The Morgan fingerprint density at radius 3 is 2.95 bits per heavy atom. The highest BCUT2D eigenvalue weighted by molar-refractivity contribution is 7.80. The van der Waals surface area contributed by atoms with Gasteiger partial charge < -0.3 is 10.1 Å². The van der Waals surface area contributed by atoms with Crippen LogP contribution < -0.4 is 10.7 Å². The van der Waals surface area contributed by atoms with Crippen molar-refractivity contribution < 1.29 is 4.74 Å². The number of nitrogens with zero attached hydrogens (tertiary/aromatic N) is 2. The van der Waals surface area contributed by atoms with Crippen LogP contribution in [0.2, 0.25) is 0 Å². The topological polar surface area (TPSA) is 48.9 Å². The largest absolute Gasteiger partial charge is 0.379 e. The summed E-state index contributed by atoms with van der Waals surface area (Å²) < 4.78 is 5.34. The Kier molecular flexibility index (Phi) is 7.39. The van der Waals surface area contributed by atoms with Crippen LogP contribution in [-0.2, 0) is 4.74 Å². The smallest absolute Gasteiger partial charge is 0.186 e. The Labute approximate surface area is 133 Å². The van der Waals surface area contributed by atoms with Crippen molar-refractivity contribution in [2.75, 3.05) is 39.4 Å². The molecule has 2 N–H and O–H groups in total. The van der Waals surface area contributed by atoms with Crippen LogP contribution in [0.3, 0.4) is 0 Å². The van der Waals surface area contributed by atoms with Gasteiger partial charge in [0.25, 0.3) is 0 Å². The maximum Gasteiger partial charge on any atom is 0.186 e. The molecule has 1 saturated heterocycles. The number of morpholine rings is 1. The summed E-state index contributed by atoms with van der Waals surface area (Å²) in [5.41, 5.74) is 4.26. The van der Waals surface area contributed by atoms with Gasteiger partial charge in [-0.3, -0.25) is 10.3 Å². The van der Waals surface area contributed by atoms with Gasteiger partial charge in [-0.15, -0.1) is 0 Å². The molecule has 1 aliphatic carbocycles. The summed E-state index contributed by atoms with van der Waals surface area (Å²) in [5.74, 6) is 0.593. The van der Waals surface area contributed by atoms with Crippen molar-refractivity contribution in [2.24, 2.45) is 11.0 Å². The number of hydrogen-bond donors (Lipinski definition) is 2. The van der Waals surface area contributed by atoms with Crippen LogP contribution in [0.25, 0.3) is 0 Å². The summed E-state index contributed by atoms with van der Waals surface area (Å²) in [5, 5.41) is 8.34. The van der Waals surface area contributed by atoms with E-state index in [0.717, 1.165) is 52.2 Å². The maximum atomic E-state index is 5.34. The fraction of sp³-hybridized carbons (Fsp3) is 0.867. The Morgan fingerprint density at radius 1 is 1.38 bits per heavy atom. The molecule has 21 heavy (non-hydrogen) atoms. The van der Waals surface area contributed by atoms with Crippen molar-refractivity contribution in [1.29, 1.82) is 0 Å². The minimum Gasteiger partial charge on any atom is -0.379 e. The van der Waals surface area contributed by atoms with Gasteiger partial charge in [0, 0.05) is 25.3 Å². The molecule has 0 bridgehead atoms. The van der Waals surface area contributed by atoms with Crippen LogP contribution >= 0.6 is 12.2 Å². The van der Waals surface area contributed by atoms with E-state index in [1.807, 2.05) is 0 Å². The summed E-state index contributed by atoms with van der Waals surface area (Å²) in [6.07, 6.45) is 6.03. The molecule has 6 heteroatoms. The highest BCUT2D eigenvalue weighted by Crippen LogP contribution is 2.20. The molecule has 120 valence electrons. The maximum absolute atomic E-state index is 5.34. The third-order valence-corrected chi connectivity index (χ3v) is 4.47. The first-order valence-corrected chi connectivity index (χ1v) is 8.57. The van der Waals surface area contributed by atoms with E-state index >= 15 is 0 Å². The molecule has 0 aromatic carbocycles. The fourth-order valence-electron chi connectivity index (χ4n) is 2.83. The van der Waals surface area contributed by atoms with Gasteiger partial charge in [-0.2, -0.15) is 5.10 Å². The van der Waals surface area contributed by atoms with Crippen molar-refractivity contribution in [2.45, 2.75) is 39.0 Å². The fourth-order valence-corrected chi connectivity index (χ4v) is 2.97. The van der Waals surface area contributed by atoms with Gasteiger partial charge >= 0.3 is 0 Å². The SMILES string of the molecule is C[C@H]1CCCC/C1=N/NC(=S)NCCCN1CCOCC1. The highest BCUT2D eigenvalue weighted by Gasteiger charge is 2.15. The lowest BCUT2D eigenvalue weighted by Gasteiger charge is -2.26. The molecule has 0 amide bonds. The van der Waals surface area contributed by atoms with Gasteiger partial charge in [0.15, 0.2) is 5.11 Å².